The Balaban J connectivity index is 1.65. The van der Waals surface area contributed by atoms with Crippen LogP contribution in [0.4, 0.5) is 8.78 Å². The number of aromatic nitrogens is 3. The molecule has 27 heavy (non-hydrogen) atoms. The molecule has 0 spiro atoms. The number of nitrogens with one attached hydrogen (secondary N) is 1. The van der Waals surface area contributed by atoms with E-state index in [9.17, 15) is 18.4 Å². The van der Waals surface area contributed by atoms with E-state index in [4.69, 9.17) is 4.52 Å². The minimum Gasteiger partial charge on any atom is -0.342 e. The highest BCUT2D eigenvalue weighted by molar-refractivity contribution is 7.10. The molecule has 0 fully saturated rings. The zero-order valence-electron chi connectivity index (χ0n) is 13.5. The summed E-state index contributed by atoms with van der Waals surface area (Å²) in [5.74, 6) is -2.32. The molecule has 0 atom stereocenters. The van der Waals surface area contributed by atoms with Crippen LogP contribution in [-0.4, -0.2) is 20.7 Å². The number of halogens is 2. The molecule has 0 saturated heterocycles. The lowest BCUT2D eigenvalue weighted by atomic mass is 10.2. The van der Waals surface area contributed by atoms with Crippen molar-refractivity contribution in [2.24, 2.45) is 0 Å². The number of hydrogen-bond donors (Lipinski definition) is 1. The van der Waals surface area contributed by atoms with Crippen LogP contribution in [-0.2, 0) is 11.2 Å². The molecule has 0 aliphatic rings. The number of carbonyl (C=O) groups excluding carboxylic acids is 1. The van der Waals surface area contributed by atoms with Crippen molar-refractivity contribution in [3.05, 3.63) is 69.0 Å². The monoisotopic (exact) mass is 388 g/mol. The average Bonchev–Trinajstić information content (AvgIpc) is 3.30. The van der Waals surface area contributed by atoms with Gasteiger partial charge in [0.2, 0.25) is 18.1 Å². The summed E-state index contributed by atoms with van der Waals surface area (Å²) in [6.45, 7) is 0. The van der Waals surface area contributed by atoms with Crippen molar-refractivity contribution in [2.45, 2.75) is 6.42 Å². The molecule has 0 bridgehead atoms. The third-order valence-electron chi connectivity index (χ3n) is 3.84. The van der Waals surface area contributed by atoms with Gasteiger partial charge in [0.05, 0.1) is 11.9 Å². The second kappa shape index (κ2) is 6.72. The molecule has 1 amide bonds. The Hall–Kier alpha value is -3.40. The Kier molecular flexibility index (Phi) is 4.24. The zero-order valence-corrected chi connectivity index (χ0v) is 14.3. The van der Waals surface area contributed by atoms with Crippen molar-refractivity contribution >= 4 is 28.1 Å². The van der Waals surface area contributed by atoms with E-state index in [1.165, 1.54) is 23.8 Å². The largest absolute Gasteiger partial charge is 0.342 e. The number of carbonyl (C=O) groups is 1. The highest BCUT2D eigenvalue weighted by atomic mass is 32.1. The van der Waals surface area contributed by atoms with Crippen molar-refractivity contribution in [3.8, 4) is 11.4 Å². The van der Waals surface area contributed by atoms with Gasteiger partial charge in [0.1, 0.15) is 0 Å². The standard InChI is InChI=1S/C17H10F2N4O3S/c18-11-5-9-1-2-16(25)23(13(9)6-12(11)19)21-15(24)7-14-10(3-4-27-14)17-20-8-26-22-17/h1-6,8H,7H2,(H,21,24). The lowest BCUT2D eigenvalue weighted by Crippen LogP contribution is -2.33. The van der Waals surface area contributed by atoms with Gasteiger partial charge in [0.15, 0.2) is 11.6 Å². The third-order valence-corrected chi connectivity index (χ3v) is 4.76. The van der Waals surface area contributed by atoms with E-state index < -0.39 is 23.1 Å². The SMILES string of the molecule is O=C(Cc1sccc1-c1ncon1)Nn1c(=O)ccc2cc(F)c(F)cc21. The number of nitrogens with zero attached hydrogens (tertiary/aromatic N) is 3. The fraction of sp³-hybridized carbons (Fsp3) is 0.0588. The molecule has 1 aromatic carbocycles. The Bertz CT molecular complexity index is 1200. The molecular formula is C17H10F2N4O3S. The second-order valence-corrected chi connectivity index (χ2v) is 6.56. The normalized spacial score (nSPS) is 11.0. The van der Waals surface area contributed by atoms with Gasteiger partial charge in [-0.15, -0.1) is 11.3 Å². The number of fused-ring (bicyclic) bond motifs is 1. The number of pyridine rings is 1. The molecule has 10 heteroatoms. The topological polar surface area (TPSA) is 90.0 Å². The second-order valence-electron chi connectivity index (χ2n) is 5.56. The molecule has 0 unspecified atom stereocenters. The molecule has 0 saturated carbocycles. The summed E-state index contributed by atoms with van der Waals surface area (Å²) in [5, 5.41) is 5.79. The number of benzene rings is 1. The Morgan fingerprint density at radius 3 is 2.81 bits per heavy atom. The highest BCUT2D eigenvalue weighted by Gasteiger charge is 2.16. The van der Waals surface area contributed by atoms with E-state index in [1.54, 1.807) is 11.4 Å². The van der Waals surface area contributed by atoms with Crippen LogP contribution < -0.4 is 11.0 Å². The molecular weight excluding hydrogens is 378 g/mol. The first-order valence-corrected chi connectivity index (χ1v) is 8.54. The van der Waals surface area contributed by atoms with Crippen molar-refractivity contribution in [2.75, 3.05) is 5.43 Å². The summed E-state index contributed by atoms with van der Waals surface area (Å²) in [7, 11) is 0. The predicted octanol–water partition coefficient (Wildman–Crippen LogP) is 2.70. The molecule has 4 rings (SSSR count). The zero-order chi connectivity index (χ0) is 19.0. The van der Waals surface area contributed by atoms with Crippen LogP contribution in [0.2, 0.25) is 0 Å². The first-order chi connectivity index (χ1) is 13.0. The van der Waals surface area contributed by atoms with Gasteiger partial charge in [-0.2, -0.15) is 4.98 Å². The number of amides is 1. The van der Waals surface area contributed by atoms with Crippen LogP contribution in [0.1, 0.15) is 4.88 Å². The smallest absolute Gasteiger partial charge is 0.269 e. The van der Waals surface area contributed by atoms with Crippen molar-refractivity contribution in [3.63, 3.8) is 0 Å². The minimum absolute atomic E-state index is 0.0549. The fourth-order valence-electron chi connectivity index (χ4n) is 2.62. The predicted molar refractivity (Wildman–Crippen MR) is 93.8 cm³/mol. The summed E-state index contributed by atoms with van der Waals surface area (Å²) >= 11 is 1.32. The van der Waals surface area contributed by atoms with E-state index in [0.717, 1.165) is 22.9 Å². The van der Waals surface area contributed by atoms with Gasteiger partial charge in [-0.25, -0.2) is 13.5 Å². The van der Waals surface area contributed by atoms with Crippen molar-refractivity contribution in [1.29, 1.82) is 0 Å². The maximum atomic E-state index is 13.6. The van der Waals surface area contributed by atoms with Crippen molar-refractivity contribution in [1.82, 2.24) is 14.8 Å². The van der Waals surface area contributed by atoms with E-state index >= 15 is 0 Å². The Morgan fingerprint density at radius 1 is 1.22 bits per heavy atom. The van der Waals surface area contributed by atoms with Gasteiger partial charge >= 0.3 is 0 Å². The lowest BCUT2D eigenvalue weighted by molar-refractivity contribution is -0.116. The summed E-state index contributed by atoms with van der Waals surface area (Å²) < 4.78 is 32.6. The van der Waals surface area contributed by atoms with Crippen LogP contribution >= 0.6 is 11.3 Å². The molecule has 4 aromatic rings. The van der Waals surface area contributed by atoms with Crippen molar-refractivity contribution < 1.29 is 18.1 Å². The average molecular weight is 388 g/mol. The van der Waals surface area contributed by atoms with E-state index in [0.29, 0.717) is 16.3 Å². The maximum Gasteiger partial charge on any atom is 0.269 e. The van der Waals surface area contributed by atoms with Crippen LogP contribution in [0.5, 0.6) is 0 Å². The molecule has 0 radical (unpaired) electrons. The molecule has 136 valence electrons. The van der Waals surface area contributed by atoms with Crippen LogP contribution in [0.15, 0.2) is 51.4 Å². The lowest BCUT2D eigenvalue weighted by Gasteiger charge is -2.12. The van der Waals surface area contributed by atoms with E-state index in [-0.39, 0.29) is 17.3 Å². The Labute approximate surface area is 153 Å². The van der Waals surface area contributed by atoms with Gasteiger partial charge in [0, 0.05) is 28.0 Å². The summed E-state index contributed by atoms with van der Waals surface area (Å²) in [5.41, 5.74) is 2.55. The molecule has 7 nitrogen and oxygen atoms in total. The fourth-order valence-corrected chi connectivity index (χ4v) is 3.49. The molecule has 3 heterocycles. The first kappa shape index (κ1) is 17.0. The number of thiophene rings is 1. The first-order valence-electron chi connectivity index (χ1n) is 7.67. The van der Waals surface area contributed by atoms with Crippen LogP contribution in [0, 0.1) is 11.6 Å². The molecule has 0 aliphatic carbocycles. The number of hydrogen-bond acceptors (Lipinski definition) is 6. The highest BCUT2D eigenvalue weighted by Crippen LogP contribution is 2.26. The van der Waals surface area contributed by atoms with Gasteiger partial charge < -0.3 is 4.52 Å². The Morgan fingerprint density at radius 2 is 2.04 bits per heavy atom. The molecule has 3 aromatic heterocycles. The maximum absolute atomic E-state index is 13.6. The minimum atomic E-state index is -1.12. The van der Waals surface area contributed by atoms with Crippen LogP contribution in [0.25, 0.3) is 22.3 Å². The molecule has 1 N–H and O–H groups in total. The van der Waals surface area contributed by atoms with Gasteiger partial charge in [0.25, 0.3) is 5.56 Å². The summed E-state index contributed by atoms with van der Waals surface area (Å²) in [6, 6.07) is 6.09. The van der Waals surface area contributed by atoms with E-state index in [1.807, 2.05) is 0 Å². The van der Waals surface area contributed by atoms with E-state index in [2.05, 4.69) is 15.6 Å². The quantitative estimate of drug-likeness (QED) is 0.581. The van der Waals surface area contributed by atoms with Crippen LogP contribution in [0.3, 0.4) is 0 Å². The van der Waals surface area contributed by atoms with Gasteiger partial charge in [-0.1, -0.05) is 5.16 Å². The third kappa shape index (κ3) is 3.22. The van der Waals surface area contributed by atoms with Gasteiger partial charge in [-0.3, -0.25) is 15.0 Å². The molecule has 0 aliphatic heterocycles. The van der Waals surface area contributed by atoms with Gasteiger partial charge in [-0.05, 0) is 23.6 Å². The number of rotatable bonds is 4. The summed E-state index contributed by atoms with van der Waals surface area (Å²) in [6.07, 6.45) is 1.12. The summed E-state index contributed by atoms with van der Waals surface area (Å²) in [4.78, 5) is 29.2.